The highest BCUT2D eigenvalue weighted by Gasteiger charge is 2.34. The molecule has 0 atom stereocenters. The maximum Gasteiger partial charge on any atom is 0.417 e. The van der Waals surface area contributed by atoms with E-state index in [4.69, 9.17) is 39.9 Å². The summed E-state index contributed by atoms with van der Waals surface area (Å²) in [6.45, 7) is -0.586. The predicted molar refractivity (Wildman–Crippen MR) is 117 cm³/mol. The molecule has 0 saturated heterocycles. The van der Waals surface area contributed by atoms with Gasteiger partial charge in [-0.05, 0) is 48.0 Å². The van der Waals surface area contributed by atoms with Crippen molar-refractivity contribution in [3.05, 3.63) is 86.5 Å². The summed E-state index contributed by atoms with van der Waals surface area (Å²) < 4.78 is 67.4. The molecule has 33 heavy (non-hydrogen) atoms. The second kappa shape index (κ2) is 9.38. The van der Waals surface area contributed by atoms with Crippen molar-refractivity contribution in [3.63, 3.8) is 0 Å². The van der Waals surface area contributed by atoms with Gasteiger partial charge in [0.05, 0.1) is 37.6 Å². The zero-order valence-electron chi connectivity index (χ0n) is 16.1. The number of alkyl halides is 3. The number of benzene rings is 2. The highest BCUT2D eigenvalue weighted by atomic mass is 35.5. The summed E-state index contributed by atoms with van der Waals surface area (Å²) in [6.07, 6.45) is -3.64. The number of carbonyl (C=O) groups is 1. The Bertz CT molecular complexity index is 1320. The summed E-state index contributed by atoms with van der Waals surface area (Å²) in [5.41, 5.74) is -1.35. The second-order valence-corrected chi connectivity index (χ2v) is 9.73. The lowest BCUT2D eigenvalue weighted by Gasteiger charge is -2.25. The molecule has 0 bridgehead atoms. The number of sulfonamides is 1. The van der Waals surface area contributed by atoms with Crippen molar-refractivity contribution in [2.24, 2.45) is 0 Å². The van der Waals surface area contributed by atoms with Gasteiger partial charge in [0.15, 0.2) is 5.82 Å². The van der Waals surface area contributed by atoms with Crippen molar-refractivity contribution in [2.75, 3.05) is 4.31 Å². The quantitative estimate of drug-likeness (QED) is 0.406. The van der Waals surface area contributed by atoms with Gasteiger partial charge < -0.3 is 5.11 Å². The normalized spacial score (nSPS) is 11.9. The highest BCUT2D eigenvalue weighted by Crippen LogP contribution is 2.37. The third kappa shape index (κ3) is 5.52. The molecule has 1 heterocycles. The number of halogens is 6. The van der Waals surface area contributed by atoms with E-state index in [9.17, 15) is 26.4 Å². The molecule has 0 saturated carbocycles. The maximum absolute atomic E-state index is 13.4. The molecular formula is C20H12Cl3F3N2O4S. The van der Waals surface area contributed by atoms with Gasteiger partial charge in [-0.25, -0.2) is 22.5 Å². The zero-order chi connectivity index (χ0) is 24.6. The Hall–Kier alpha value is -2.53. The predicted octanol–water partition coefficient (Wildman–Crippen LogP) is 6.15. The first kappa shape index (κ1) is 25.1. The van der Waals surface area contributed by atoms with Crippen molar-refractivity contribution >= 4 is 56.6 Å². The summed E-state index contributed by atoms with van der Waals surface area (Å²) in [4.78, 5) is 14.7. The molecule has 0 amide bonds. The van der Waals surface area contributed by atoms with Gasteiger partial charge in [-0.1, -0.05) is 40.9 Å². The van der Waals surface area contributed by atoms with Crippen LogP contribution in [0.15, 0.2) is 59.6 Å². The Morgan fingerprint density at radius 3 is 2.18 bits per heavy atom. The third-order valence-electron chi connectivity index (χ3n) is 4.38. The lowest BCUT2D eigenvalue weighted by Crippen LogP contribution is -2.31. The summed E-state index contributed by atoms with van der Waals surface area (Å²) in [6, 6.07) is 8.45. The molecule has 3 rings (SSSR count). The number of aromatic nitrogens is 1. The van der Waals surface area contributed by atoms with Crippen LogP contribution >= 0.6 is 34.8 Å². The first-order chi connectivity index (χ1) is 15.3. The standard InChI is InChI=1S/C20H12Cl3F3N2O4S/c21-13-8-17(23)18(27-9-13)28(10-11-1-6-16(22)15(7-11)20(24,25)26)33(31,32)14-4-2-12(3-5-14)19(29)30/h1-9H,10H2,(H,29,30). The lowest BCUT2D eigenvalue weighted by atomic mass is 10.1. The van der Waals surface area contributed by atoms with Gasteiger partial charge in [0.2, 0.25) is 0 Å². The van der Waals surface area contributed by atoms with Gasteiger partial charge in [-0.3, -0.25) is 0 Å². The monoisotopic (exact) mass is 538 g/mol. The first-order valence-electron chi connectivity index (χ1n) is 8.83. The van der Waals surface area contributed by atoms with Gasteiger partial charge >= 0.3 is 12.1 Å². The topological polar surface area (TPSA) is 87.6 Å². The Kier molecular flexibility index (Phi) is 7.13. The average molecular weight is 540 g/mol. The van der Waals surface area contributed by atoms with Crippen molar-refractivity contribution in [1.29, 1.82) is 0 Å². The van der Waals surface area contributed by atoms with E-state index in [-0.39, 0.29) is 31.9 Å². The number of carboxylic acids is 1. The van der Waals surface area contributed by atoms with Gasteiger partial charge in [-0.2, -0.15) is 13.2 Å². The van der Waals surface area contributed by atoms with E-state index in [0.717, 1.165) is 42.6 Å². The molecule has 1 aromatic heterocycles. The molecule has 2 aromatic carbocycles. The molecule has 6 nitrogen and oxygen atoms in total. The van der Waals surface area contributed by atoms with Crippen molar-refractivity contribution in [2.45, 2.75) is 17.6 Å². The molecule has 0 fully saturated rings. The SMILES string of the molecule is O=C(O)c1ccc(S(=O)(=O)N(Cc2ccc(Cl)c(C(F)(F)F)c2)c2ncc(Cl)cc2Cl)cc1. The number of pyridine rings is 1. The van der Waals surface area contributed by atoms with E-state index in [2.05, 4.69) is 4.98 Å². The largest absolute Gasteiger partial charge is 0.478 e. The summed E-state index contributed by atoms with van der Waals surface area (Å²) >= 11 is 17.6. The molecule has 0 aliphatic carbocycles. The van der Waals surface area contributed by atoms with E-state index in [1.807, 2.05) is 0 Å². The fourth-order valence-electron chi connectivity index (χ4n) is 2.82. The minimum atomic E-state index is -4.76. The van der Waals surface area contributed by atoms with Crippen molar-refractivity contribution in [3.8, 4) is 0 Å². The fourth-order valence-corrected chi connectivity index (χ4v) is 5.00. The molecule has 13 heteroatoms. The number of hydrogen-bond acceptors (Lipinski definition) is 4. The van der Waals surface area contributed by atoms with Crippen LogP contribution in [0.25, 0.3) is 0 Å². The van der Waals surface area contributed by atoms with E-state index in [1.54, 1.807) is 0 Å². The molecule has 0 radical (unpaired) electrons. The van der Waals surface area contributed by atoms with Gasteiger partial charge in [0.25, 0.3) is 10.0 Å². The molecule has 174 valence electrons. The Balaban J connectivity index is 2.14. The van der Waals surface area contributed by atoms with Gasteiger partial charge in [0, 0.05) is 6.20 Å². The maximum atomic E-state index is 13.4. The van der Waals surface area contributed by atoms with Crippen molar-refractivity contribution in [1.82, 2.24) is 4.98 Å². The summed E-state index contributed by atoms with van der Waals surface area (Å²) in [5.74, 6) is -1.55. The molecule has 1 N–H and O–H groups in total. The molecule has 0 unspecified atom stereocenters. The molecular weight excluding hydrogens is 528 g/mol. The van der Waals surface area contributed by atoms with Crippen LogP contribution in [0.3, 0.4) is 0 Å². The minimum Gasteiger partial charge on any atom is -0.478 e. The number of hydrogen-bond donors (Lipinski definition) is 1. The Morgan fingerprint density at radius 2 is 1.64 bits per heavy atom. The number of nitrogens with zero attached hydrogens (tertiary/aromatic N) is 2. The van der Waals surface area contributed by atoms with E-state index < -0.39 is 39.3 Å². The second-order valence-electron chi connectivity index (χ2n) is 6.61. The van der Waals surface area contributed by atoms with Crippen LogP contribution in [0.2, 0.25) is 15.1 Å². The molecule has 0 aliphatic rings. The average Bonchev–Trinajstić information content (AvgIpc) is 2.73. The van der Waals surface area contributed by atoms with Crippen molar-refractivity contribution < 1.29 is 31.5 Å². The van der Waals surface area contributed by atoms with E-state index >= 15 is 0 Å². The smallest absolute Gasteiger partial charge is 0.417 e. The van der Waals surface area contributed by atoms with Crippen LogP contribution in [0, 0.1) is 0 Å². The van der Waals surface area contributed by atoms with Gasteiger partial charge in [-0.15, -0.1) is 0 Å². The number of aromatic carboxylic acids is 1. The molecule has 0 spiro atoms. The molecule has 0 aliphatic heterocycles. The van der Waals surface area contributed by atoms with E-state index in [1.165, 1.54) is 12.1 Å². The van der Waals surface area contributed by atoms with Crippen LogP contribution < -0.4 is 4.31 Å². The van der Waals surface area contributed by atoms with Crippen LogP contribution in [-0.2, 0) is 22.7 Å². The fraction of sp³-hybridized carbons (Fsp3) is 0.100. The van der Waals surface area contributed by atoms with E-state index in [0.29, 0.717) is 4.31 Å². The molecule has 3 aromatic rings. The lowest BCUT2D eigenvalue weighted by molar-refractivity contribution is -0.137. The summed E-state index contributed by atoms with van der Waals surface area (Å²) in [5, 5.41) is 8.43. The Morgan fingerprint density at radius 1 is 1.00 bits per heavy atom. The third-order valence-corrected chi connectivity index (χ3v) is 6.94. The van der Waals surface area contributed by atoms with Crippen LogP contribution in [0.5, 0.6) is 0 Å². The van der Waals surface area contributed by atoms with Gasteiger partial charge in [0.1, 0.15) is 0 Å². The highest BCUT2D eigenvalue weighted by molar-refractivity contribution is 7.92. The number of rotatable bonds is 6. The Labute approximate surface area is 201 Å². The van der Waals surface area contributed by atoms with Crippen LogP contribution in [0.4, 0.5) is 19.0 Å². The zero-order valence-corrected chi connectivity index (χ0v) is 19.2. The summed E-state index contributed by atoms with van der Waals surface area (Å²) in [7, 11) is -4.45. The van der Waals surface area contributed by atoms with Crippen LogP contribution in [0.1, 0.15) is 21.5 Å². The minimum absolute atomic E-state index is 0.0507. The first-order valence-corrected chi connectivity index (χ1v) is 11.4. The number of anilines is 1. The van der Waals surface area contributed by atoms with Crippen LogP contribution in [-0.4, -0.2) is 24.5 Å². The number of carboxylic acid groups (broad SMARTS) is 1.